The van der Waals surface area contributed by atoms with E-state index in [1.54, 1.807) is 0 Å². The highest BCUT2D eigenvalue weighted by atomic mass is 35.5. The molecule has 0 aliphatic carbocycles. The average molecular weight is 280 g/mol. The zero-order valence-electron chi connectivity index (χ0n) is 10.4. The van der Waals surface area contributed by atoms with E-state index in [4.69, 9.17) is 23.1 Å². The van der Waals surface area contributed by atoms with Crippen molar-refractivity contribution in [2.75, 3.05) is 23.7 Å². The maximum atomic E-state index is 6.17. The Morgan fingerprint density at radius 2 is 2.16 bits per heavy atom. The van der Waals surface area contributed by atoms with Gasteiger partial charge in [0, 0.05) is 25.2 Å². The molecule has 2 aromatic heterocycles. The lowest BCUT2D eigenvalue weighted by Gasteiger charge is -2.37. The van der Waals surface area contributed by atoms with Gasteiger partial charge < -0.3 is 16.4 Å². The van der Waals surface area contributed by atoms with Crippen molar-refractivity contribution in [1.82, 2.24) is 20.2 Å². The van der Waals surface area contributed by atoms with Crippen LogP contribution >= 0.6 is 11.6 Å². The molecule has 2 aromatic rings. The fraction of sp³-hybridized carbons (Fsp3) is 0.364. The lowest BCUT2D eigenvalue weighted by molar-refractivity contribution is 0.514. The van der Waals surface area contributed by atoms with Crippen molar-refractivity contribution < 1.29 is 0 Å². The van der Waals surface area contributed by atoms with Crippen LogP contribution in [0.15, 0.2) is 6.07 Å². The van der Waals surface area contributed by atoms with Gasteiger partial charge in [-0.3, -0.25) is 5.10 Å². The van der Waals surface area contributed by atoms with E-state index in [0.717, 1.165) is 24.6 Å². The highest BCUT2D eigenvalue weighted by Crippen LogP contribution is 2.29. The van der Waals surface area contributed by atoms with Crippen LogP contribution in [0.1, 0.15) is 5.69 Å². The summed E-state index contributed by atoms with van der Waals surface area (Å²) in [5, 5.41) is 7.51. The molecular weight excluding hydrogens is 266 g/mol. The number of aromatic nitrogens is 4. The molecule has 100 valence electrons. The van der Waals surface area contributed by atoms with Gasteiger partial charge >= 0.3 is 0 Å². The molecule has 1 fully saturated rings. The maximum Gasteiger partial charge on any atom is 0.222 e. The molecule has 0 unspecified atom stereocenters. The molecule has 19 heavy (non-hydrogen) atoms. The van der Waals surface area contributed by atoms with Crippen molar-refractivity contribution in [1.29, 1.82) is 0 Å². The third-order valence-electron chi connectivity index (χ3n) is 3.08. The first-order valence-electron chi connectivity index (χ1n) is 5.90. The van der Waals surface area contributed by atoms with E-state index in [2.05, 4.69) is 20.2 Å². The molecule has 8 heteroatoms. The van der Waals surface area contributed by atoms with Crippen molar-refractivity contribution in [3.05, 3.63) is 16.8 Å². The van der Waals surface area contributed by atoms with Crippen LogP contribution in [0.25, 0.3) is 11.4 Å². The van der Waals surface area contributed by atoms with Gasteiger partial charge in [-0.2, -0.15) is 10.1 Å². The third kappa shape index (κ3) is 2.11. The Kier molecular flexibility index (Phi) is 2.79. The second-order valence-corrected chi connectivity index (χ2v) is 5.02. The molecule has 3 rings (SSSR count). The summed E-state index contributed by atoms with van der Waals surface area (Å²) in [5.74, 6) is 0.950. The minimum atomic E-state index is 0.191. The van der Waals surface area contributed by atoms with Crippen LogP contribution in [0, 0.1) is 6.92 Å². The quantitative estimate of drug-likeness (QED) is 0.741. The topological polar surface area (TPSA) is 110 Å². The number of nitrogens with one attached hydrogen (secondary N) is 1. The number of aryl methyl sites for hydroxylation is 1. The van der Waals surface area contributed by atoms with Gasteiger partial charge in [0.05, 0.1) is 16.4 Å². The van der Waals surface area contributed by atoms with Crippen LogP contribution in [0.4, 0.5) is 11.8 Å². The van der Waals surface area contributed by atoms with Crippen molar-refractivity contribution in [2.45, 2.75) is 13.0 Å². The number of nitrogens with zero attached hydrogens (tertiary/aromatic N) is 4. The Bertz CT molecular complexity index is 618. The van der Waals surface area contributed by atoms with E-state index in [1.807, 2.05) is 17.9 Å². The monoisotopic (exact) mass is 279 g/mol. The molecule has 0 saturated carbocycles. The molecule has 0 atom stereocenters. The first-order valence-corrected chi connectivity index (χ1v) is 6.28. The second kappa shape index (κ2) is 4.36. The number of anilines is 2. The fourth-order valence-corrected chi connectivity index (χ4v) is 2.20. The van der Waals surface area contributed by atoms with E-state index >= 15 is 0 Å². The molecule has 0 amide bonds. The SMILES string of the molecule is Cc1[nH]nc(-c2cc(N3CC(N)C3)nc(N)n2)c1Cl. The van der Waals surface area contributed by atoms with Crippen LogP contribution in [-0.4, -0.2) is 39.3 Å². The van der Waals surface area contributed by atoms with Crippen LogP contribution < -0.4 is 16.4 Å². The average Bonchev–Trinajstić information content (AvgIpc) is 2.65. The molecule has 7 nitrogen and oxygen atoms in total. The summed E-state index contributed by atoms with van der Waals surface area (Å²) in [6.07, 6.45) is 0. The minimum absolute atomic E-state index is 0.191. The predicted molar refractivity (Wildman–Crippen MR) is 74.0 cm³/mol. The van der Waals surface area contributed by atoms with Crippen LogP contribution in [0.3, 0.4) is 0 Å². The Morgan fingerprint density at radius 3 is 2.74 bits per heavy atom. The summed E-state index contributed by atoms with van der Waals surface area (Å²) in [6.45, 7) is 3.38. The second-order valence-electron chi connectivity index (χ2n) is 4.65. The van der Waals surface area contributed by atoms with Crippen LogP contribution in [0.5, 0.6) is 0 Å². The van der Waals surface area contributed by atoms with Crippen molar-refractivity contribution in [3.63, 3.8) is 0 Å². The Morgan fingerprint density at radius 1 is 1.42 bits per heavy atom. The highest BCUT2D eigenvalue weighted by molar-refractivity contribution is 6.33. The molecule has 0 aromatic carbocycles. The number of rotatable bonds is 2. The lowest BCUT2D eigenvalue weighted by atomic mass is 10.1. The number of aromatic amines is 1. The van der Waals surface area contributed by atoms with Gasteiger partial charge in [0.15, 0.2) is 0 Å². The van der Waals surface area contributed by atoms with Crippen molar-refractivity contribution in [3.8, 4) is 11.4 Å². The Hall–Kier alpha value is -1.86. The number of H-pyrrole nitrogens is 1. The van der Waals surface area contributed by atoms with Gasteiger partial charge in [-0.25, -0.2) is 4.98 Å². The Balaban J connectivity index is 2.00. The number of hydrogen-bond acceptors (Lipinski definition) is 6. The molecule has 1 aliphatic heterocycles. The summed E-state index contributed by atoms with van der Waals surface area (Å²) >= 11 is 6.17. The summed E-state index contributed by atoms with van der Waals surface area (Å²) in [6, 6.07) is 2.01. The zero-order chi connectivity index (χ0) is 13.6. The molecule has 0 spiro atoms. The van der Waals surface area contributed by atoms with Crippen molar-refractivity contribution in [2.24, 2.45) is 5.73 Å². The summed E-state index contributed by atoms with van der Waals surface area (Å²) in [4.78, 5) is 10.4. The minimum Gasteiger partial charge on any atom is -0.368 e. The van der Waals surface area contributed by atoms with Crippen LogP contribution in [-0.2, 0) is 0 Å². The number of halogens is 1. The molecule has 3 heterocycles. The zero-order valence-corrected chi connectivity index (χ0v) is 11.1. The first kappa shape index (κ1) is 12.2. The standard InChI is InChI=1S/C11H14ClN7/c1-5-9(12)10(18-17-5)7-2-8(16-11(14)15-7)19-3-6(13)4-19/h2,6H,3-4,13H2,1H3,(H,17,18)(H2,14,15,16). The maximum absolute atomic E-state index is 6.17. The molecule has 1 saturated heterocycles. The molecule has 0 bridgehead atoms. The van der Waals surface area contributed by atoms with E-state index in [-0.39, 0.29) is 12.0 Å². The molecular formula is C11H14ClN7. The number of nitrogens with two attached hydrogens (primary N) is 2. The molecule has 1 aliphatic rings. The van der Waals surface area contributed by atoms with E-state index < -0.39 is 0 Å². The van der Waals surface area contributed by atoms with Gasteiger partial charge in [-0.15, -0.1) is 0 Å². The summed E-state index contributed by atoms with van der Waals surface area (Å²) < 4.78 is 0. The third-order valence-corrected chi connectivity index (χ3v) is 3.54. The largest absolute Gasteiger partial charge is 0.368 e. The van der Waals surface area contributed by atoms with E-state index in [1.165, 1.54) is 0 Å². The summed E-state index contributed by atoms with van der Waals surface area (Å²) in [7, 11) is 0. The van der Waals surface area contributed by atoms with Gasteiger partial charge in [-0.1, -0.05) is 11.6 Å². The fourth-order valence-electron chi connectivity index (χ4n) is 2.02. The highest BCUT2D eigenvalue weighted by Gasteiger charge is 2.25. The van der Waals surface area contributed by atoms with Gasteiger partial charge in [0.2, 0.25) is 5.95 Å². The van der Waals surface area contributed by atoms with Crippen molar-refractivity contribution >= 4 is 23.4 Å². The van der Waals surface area contributed by atoms with Gasteiger partial charge in [0.1, 0.15) is 11.5 Å². The summed E-state index contributed by atoms with van der Waals surface area (Å²) in [5.41, 5.74) is 13.5. The Labute approximate surface area is 115 Å². The van der Waals surface area contributed by atoms with Crippen LogP contribution in [0.2, 0.25) is 5.02 Å². The first-order chi connectivity index (χ1) is 9.04. The number of nitrogen functional groups attached to an aromatic ring is 1. The molecule has 5 N–H and O–H groups in total. The van der Waals surface area contributed by atoms with Gasteiger partial charge in [0.25, 0.3) is 0 Å². The van der Waals surface area contributed by atoms with Gasteiger partial charge in [-0.05, 0) is 6.92 Å². The number of hydrogen-bond donors (Lipinski definition) is 3. The predicted octanol–water partition coefficient (Wildman–Crippen LogP) is 0.558. The lowest BCUT2D eigenvalue weighted by Crippen LogP contribution is -2.56. The smallest absolute Gasteiger partial charge is 0.222 e. The molecule has 0 radical (unpaired) electrons. The normalized spacial score (nSPS) is 15.6. The van der Waals surface area contributed by atoms with E-state index in [0.29, 0.717) is 16.4 Å². The van der Waals surface area contributed by atoms with E-state index in [9.17, 15) is 0 Å².